The van der Waals surface area contributed by atoms with E-state index in [1.54, 1.807) is 0 Å². The predicted molar refractivity (Wildman–Crippen MR) is 72.8 cm³/mol. The lowest BCUT2D eigenvalue weighted by Gasteiger charge is -2.59. The second-order valence-electron chi connectivity index (χ2n) is 5.53. The highest BCUT2D eigenvalue weighted by atomic mass is 32.2. The zero-order valence-electron chi connectivity index (χ0n) is 12.1. The lowest BCUT2D eigenvalue weighted by molar-refractivity contribution is -1.43. The monoisotopic (exact) mass is 371 g/mol. The van der Waals surface area contributed by atoms with Crippen LogP contribution in [0.4, 0.5) is 0 Å². The molecule has 2 rings (SSSR count). The molecule has 0 aromatic heterocycles. The van der Waals surface area contributed by atoms with Gasteiger partial charge in [-0.25, -0.2) is 4.83 Å². The molecule has 138 valence electrons. The molecule has 1 atom stereocenters. The summed E-state index contributed by atoms with van der Waals surface area (Å²) in [7, 11) is 0. The Labute approximate surface area is 138 Å². The molecule has 1 unspecified atom stereocenters. The summed E-state index contributed by atoms with van der Waals surface area (Å²) in [6.45, 7) is 0. The molecule has 15 heteroatoms. The Morgan fingerprint density at radius 1 is 0.958 bits per heavy atom. The molecule has 0 amide bonds. The van der Waals surface area contributed by atoms with E-state index in [2.05, 4.69) is 9.93 Å². The third kappa shape index (κ3) is 2.52. The van der Waals surface area contributed by atoms with Crippen LogP contribution in [-0.4, -0.2) is 63.1 Å². The van der Waals surface area contributed by atoms with Gasteiger partial charge in [0.2, 0.25) is 0 Å². The van der Waals surface area contributed by atoms with Gasteiger partial charge in [0.15, 0.2) is 0 Å². The molecule has 0 aromatic rings. The normalized spacial score (nSPS) is 28.3. The van der Waals surface area contributed by atoms with Crippen molar-refractivity contribution in [1.82, 2.24) is 4.83 Å². The van der Waals surface area contributed by atoms with Gasteiger partial charge in [0.1, 0.15) is 5.71 Å². The fourth-order valence-electron chi connectivity index (χ4n) is 3.44. The van der Waals surface area contributed by atoms with E-state index < -0.39 is 44.7 Å². The maximum Gasteiger partial charge on any atom is 0.412 e. The fourth-order valence-corrected chi connectivity index (χ4v) is 3.84. The SMILES string of the molecule is [O-][N+](O)(O)C1(C2=NNSC=C2)CCCCC1([N+]([O-])(O)O)[N+]([O-])(O)O. The van der Waals surface area contributed by atoms with Gasteiger partial charge < -0.3 is 15.6 Å². The second kappa shape index (κ2) is 5.81. The van der Waals surface area contributed by atoms with Crippen molar-refractivity contribution in [1.29, 1.82) is 0 Å². The van der Waals surface area contributed by atoms with E-state index in [9.17, 15) is 46.9 Å². The zero-order chi connectivity index (χ0) is 18.4. The fraction of sp³-hybridized carbons (Fsp3) is 0.667. The highest BCUT2D eigenvalue weighted by Gasteiger charge is 2.85. The van der Waals surface area contributed by atoms with Gasteiger partial charge in [-0.3, -0.25) is 0 Å². The first kappa shape index (κ1) is 19.4. The number of hydrogen-bond donors (Lipinski definition) is 7. The molecule has 1 heterocycles. The maximum absolute atomic E-state index is 12.1. The number of hydrazone groups is 1. The Hall–Kier alpha value is -0.920. The second-order valence-corrected chi connectivity index (χ2v) is 6.22. The van der Waals surface area contributed by atoms with E-state index in [-0.39, 0.29) is 12.8 Å². The van der Waals surface area contributed by atoms with Crippen LogP contribution in [0.25, 0.3) is 0 Å². The number of quaternary nitrogens is 3. The number of nitrogens with zero attached hydrogens (tertiary/aromatic N) is 4. The van der Waals surface area contributed by atoms with Gasteiger partial charge in [-0.1, -0.05) is 0 Å². The standard InChI is InChI=1S/C9H17N5O9S/c15-12(16,17)8(7-3-6-24-11-10-7)4-1-2-5-9(8,13(18,19)20)14(21,22)23/h3,6,11,15-16,18-19,21-22H,1-2,4-5H2. The summed E-state index contributed by atoms with van der Waals surface area (Å²) in [5, 5.41) is 98.8. The minimum Gasteiger partial charge on any atom is -0.563 e. The van der Waals surface area contributed by atoms with Crippen LogP contribution in [-0.2, 0) is 0 Å². The summed E-state index contributed by atoms with van der Waals surface area (Å²) < 4.78 is 0. The summed E-state index contributed by atoms with van der Waals surface area (Å²) in [6.07, 6.45) is -0.724. The molecule has 7 N–H and O–H groups in total. The molecule has 0 aromatic carbocycles. The van der Waals surface area contributed by atoms with Gasteiger partial charge in [-0.15, -0.1) is 0 Å². The van der Waals surface area contributed by atoms with E-state index in [1.165, 1.54) is 5.41 Å². The Kier molecular flexibility index (Phi) is 4.70. The third-order valence-electron chi connectivity index (χ3n) is 4.37. The Bertz CT molecular complexity index is 537. The first-order chi connectivity index (χ1) is 10.8. The van der Waals surface area contributed by atoms with Crippen LogP contribution in [0.1, 0.15) is 25.7 Å². The Morgan fingerprint density at radius 3 is 1.92 bits per heavy atom. The average Bonchev–Trinajstić information content (AvgIpc) is 2.44. The number of nitrogens with one attached hydrogen (secondary N) is 1. The maximum atomic E-state index is 12.1. The molecule has 0 saturated heterocycles. The zero-order valence-corrected chi connectivity index (χ0v) is 12.9. The molecule has 1 fully saturated rings. The largest absolute Gasteiger partial charge is 0.563 e. The molecule has 1 saturated carbocycles. The van der Waals surface area contributed by atoms with Crippen LogP contribution in [0.2, 0.25) is 0 Å². The first-order valence-corrected chi connectivity index (χ1v) is 7.51. The van der Waals surface area contributed by atoms with Crippen LogP contribution >= 0.6 is 11.9 Å². The summed E-state index contributed by atoms with van der Waals surface area (Å²) >= 11 is 0.880. The van der Waals surface area contributed by atoms with Crippen molar-refractivity contribution >= 4 is 17.7 Å². The van der Waals surface area contributed by atoms with Gasteiger partial charge in [0, 0.05) is 6.42 Å². The van der Waals surface area contributed by atoms with Crippen molar-refractivity contribution in [3.8, 4) is 0 Å². The minimum atomic E-state index is -3.68. The van der Waals surface area contributed by atoms with E-state index in [1.807, 2.05) is 0 Å². The molecular weight excluding hydrogens is 354 g/mol. The third-order valence-corrected chi connectivity index (χ3v) is 4.84. The Balaban J connectivity index is 2.87. The summed E-state index contributed by atoms with van der Waals surface area (Å²) in [5.41, 5.74) is -7.46. The van der Waals surface area contributed by atoms with Crippen molar-refractivity contribution in [2.24, 2.45) is 5.10 Å². The highest BCUT2D eigenvalue weighted by molar-refractivity contribution is 8.00. The summed E-state index contributed by atoms with van der Waals surface area (Å²) in [4.78, 5) is -8.46. The number of rotatable bonds is 4. The van der Waals surface area contributed by atoms with Crippen LogP contribution in [0.3, 0.4) is 0 Å². The molecule has 24 heavy (non-hydrogen) atoms. The lowest BCUT2D eigenvalue weighted by Crippen LogP contribution is -2.89. The van der Waals surface area contributed by atoms with Gasteiger partial charge in [0.25, 0.3) is 0 Å². The van der Waals surface area contributed by atoms with Crippen molar-refractivity contribution in [2.45, 2.75) is 36.9 Å². The van der Waals surface area contributed by atoms with E-state index in [0.717, 1.165) is 18.0 Å². The van der Waals surface area contributed by atoms with Gasteiger partial charge in [-0.2, -0.15) is 36.3 Å². The highest BCUT2D eigenvalue weighted by Crippen LogP contribution is 2.53. The molecule has 2 aliphatic rings. The number of hydroxylamine groups is 9. The molecular formula is C9H17N5O9S. The van der Waals surface area contributed by atoms with Crippen LogP contribution in [0.15, 0.2) is 16.6 Å². The molecule has 1 aliphatic heterocycles. The van der Waals surface area contributed by atoms with E-state index in [4.69, 9.17) is 0 Å². The van der Waals surface area contributed by atoms with Crippen molar-refractivity contribution in [2.75, 3.05) is 0 Å². The van der Waals surface area contributed by atoms with Crippen molar-refractivity contribution in [3.63, 3.8) is 0 Å². The van der Waals surface area contributed by atoms with Crippen molar-refractivity contribution in [3.05, 3.63) is 27.1 Å². The van der Waals surface area contributed by atoms with Gasteiger partial charge in [0.05, 0.1) is 6.42 Å². The molecule has 1 aliphatic carbocycles. The van der Waals surface area contributed by atoms with Crippen LogP contribution in [0.5, 0.6) is 0 Å². The minimum absolute atomic E-state index is 0.0190. The first-order valence-electron chi connectivity index (χ1n) is 6.63. The number of hydrogen-bond acceptors (Lipinski definition) is 12. The lowest BCUT2D eigenvalue weighted by atomic mass is 9.69. The summed E-state index contributed by atoms with van der Waals surface area (Å²) in [6, 6.07) is 0. The van der Waals surface area contributed by atoms with Crippen LogP contribution < -0.4 is 4.83 Å². The smallest absolute Gasteiger partial charge is 0.412 e. The summed E-state index contributed by atoms with van der Waals surface area (Å²) in [5.74, 6) is 0. The van der Waals surface area contributed by atoms with E-state index >= 15 is 0 Å². The van der Waals surface area contributed by atoms with Crippen molar-refractivity contribution < 1.29 is 46.2 Å². The van der Waals surface area contributed by atoms with Gasteiger partial charge in [-0.05, 0) is 51.2 Å². The molecule has 0 radical (unpaired) electrons. The van der Waals surface area contributed by atoms with E-state index in [0.29, 0.717) is 0 Å². The molecule has 0 bridgehead atoms. The topological polar surface area (TPSA) is 215 Å². The quantitative estimate of drug-likeness (QED) is 0.155. The van der Waals surface area contributed by atoms with Gasteiger partial charge >= 0.3 is 11.2 Å². The predicted octanol–water partition coefficient (Wildman–Crippen LogP) is 0.396. The average molecular weight is 371 g/mol. The molecule has 14 nitrogen and oxygen atoms in total. The molecule has 0 spiro atoms. The Morgan fingerprint density at radius 2 is 1.50 bits per heavy atom. The van der Waals surface area contributed by atoms with Crippen LogP contribution in [0, 0.1) is 15.6 Å².